The maximum absolute atomic E-state index is 12.0. The molecule has 0 aliphatic heterocycles. The van der Waals surface area contributed by atoms with Gasteiger partial charge in [-0.2, -0.15) is 0 Å². The van der Waals surface area contributed by atoms with E-state index in [0.717, 1.165) is 0 Å². The zero-order valence-electron chi connectivity index (χ0n) is 12.9. The fourth-order valence-corrected chi connectivity index (χ4v) is 2.17. The predicted octanol–water partition coefficient (Wildman–Crippen LogP) is 4.30. The van der Waals surface area contributed by atoms with E-state index in [4.69, 9.17) is 16.3 Å². The summed E-state index contributed by atoms with van der Waals surface area (Å²) in [7, 11) is 0. The molecule has 1 amide bonds. The molecule has 0 saturated carbocycles. The molecule has 1 N–H and O–H groups in total. The van der Waals surface area contributed by atoms with Crippen LogP contribution in [0, 0.1) is 10.1 Å². The Morgan fingerprint density at radius 1 is 1.33 bits per heavy atom. The second-order valence-electron chi connectivity index (χ2n) is 4.71. The van der Waals surface area contributed by atoms with Gasteiger partial charge in [-0.05, 0) is 36.8 Å². The Bertz CT molecular complexity index is 790. The van der Waals surface area contributed by atoms with Gasteiger partial charge in [0.25, 0.3) is 5.69 Å². The highest BCUT2D eigenvalue weighted by Crippen LogP contribution is 2.29. The van der Waals surface area contributed by atoms with Crippen molar-refractivity contribution in [3.8, 4) is 5.75 Å². The van der Waals surface area contributed by atoms with Crippen molar-refractivity contribution in [2.45, 2.75) is 6.92 Å². The number of benzene rings is 2. The van der Waals surface area contributed by atoms with Gasteiger partial charge in [0.2, 0.25) is 5.91 Å². The van der Waals surface area contributed by atoms with Crippen molar-refractivity contribution in [1.29, 1.82) is 0 Å². The van der Waals surface area contributed by atoms with Gasteiger partial charge in [0.05, 0.1) is 17.6 Å². The SMILES string of the molecule is CCOc1ccc(NC(=O)/C=C/c2ccccc2Cl)c([N+](=O)[O-])c1. The molecule has 0 bridgehead atoms. The molecular formula is C17H15ClN2O4. The van der Waals surface area contributed by atoms with Crippen molar-refractivity contribution in [2.75, 3.05) is 11.9 Å². The van der Waals surface area contributed by atoms with Gasteiger partial charge in [0.1, 0.15) is 11.4 Å². The molecule has 0 radical (unpaired) electrons. The third-order valence-corrected chi connectivity index (χ3v) is 3.40. The number of nitrogens with one attached hydrogen (secondary N) is 1. The first-order valence-electron chi connectivity index (χ1n) is 7.16. The summed E-state index contributed by atoms with van der Waals surface area (Å²) in [6, 6.07) is 11.3. The van der Waals surface area contributed by atoms with Gasteiger partial charge < -0.3 is 10.1 Å². The first kappa shape index (κ1) is 17.5. The molecule has 0 aromatic heterocycles. The molecule has 0 atom stereocenters. The molecule has 0 spiro atoms. The summed E-state index contributed by atoms with van der Waals surface area (Å²) < 4.78 is 5.23. The topological polar surface area (TPSA) is 81.5 Å². The fourth-order valence-electron chi connectivity index (χ4n) is 1.97. The average molecular weight is 347 g/mol. The smallest absolute Gasteiger partial charge is 0.296 e. The minimum atomic E-state index is -0.574. The molecule has 2 rings (SSSR count). The molecule has 0 aliphatic carbocycles. The third-order valence-electron chi connectivity index (χ3n) is 3.05. The predicted molar refractivity (Wildman–Crippen MR) is 93.4 cm³/mol. The Labute approximate surface area is 143 Å². The molecule has 124 valence electrons. The maximum Gasteiger partial charge on any atom is 0.296 e. The molecule has 0 heterocycles. The Balaban J connectivity index is 2.16. The van der Waals surface area contributed by atoms with Gasteiger partial charge in [-0.3, -0.25) is 14.9 Å². The van der Waals surface area contributed by atoms with Gasteiger partial charge in [-0.1, -0.05) is 29.8 Å². The number of anilines is 1. The quantitative estimate of drug-likeness (QED) is 0.480. The minimum absolute atomic E-state index is 0.0947. The summed E-state index contributed by atoms with van der Waals surface area (Å²) in [6.07, 6.45) is 2.81. The van der Waals surface area contributed by atoms with E-state index in [0.29, 0.717) is 22.9 Å². The lowest BCUT2D eigenvalue weighted by atomic mass is 10.2. The van der Waals surface area contributed by atoms with Gasteiger partial charge in [-0.25, -0.2) is 0 Å². The number of carbonyl (C=O) groups is 1. The highest BCUT2D eigenvalue weighted by atomic mass is 35.5. The summed E-state index contributed by atoms with van der Waals surface area (Å²) in [5.41, 5.74) is 0.535. The van der Waals surface area contributed by atoms with Crippen LogP contribution in [0.3, 0.4) is 0 Å². The molecule has 6 nitrogen and oxygen atoms in total. The Kier molecular flexibility index (Phi) is 5.92. The fraction of sp³-hybridized carbons (Fsp3) is 0.118. The van der Waals surface area contributed by atoms with E-state index in [1.807, 2.05) is 0 Å². The van der Waals surface area contributed by atoms with Crippen LogP contribution in [0.1, 0.15) is 12.5 Å². The molecule has 24 heavy (non-hydrogen) atoms. The number of ether oxygens (including phenoxy) is 1. The van der Waals surface area contributed by atoms with Crippen molar-refractivity contribution in [1.82, 2.24) is 0 Å². The standard InChI is InChI=1S/C17H15ClN2O4/c1-2-24-13-8-9-15(16(11-13)20(22)23)19-17(21)10-7-12-5-3-4-6-14(12)18/h3-11H,2H2,1H3,(H,19,21)/b10-7+. The van der Waals surface area contributed by atoms with Gasteiger partial charge in [0, 0.05) is 11.1 Å². The van der Waals surface area contributed by atoms with Crippen LogP contribution in [0.4, 0.5) is 11.4 Å². The van der Waals surface area contributed by atoms with Crippen LogP contribution in [-0.2, 0) is 4.79 Å². The molecule has 0 saturated heterocycles. The van der Waals surface area contributed by atoms with Crippen LogP contribution in [0.5, 0.6) is 5.75 Å². The lowest BCUT2D eigenvalue weighted by molar-refractivity contribution is -0.384. The van der Waals surface area contributed by atoms with Gasteiger partial charge in [-0.15, -0.1) is 0 Å². The Morgan fingerprint density at radius 2 is 2.08 bits per heavy atom. The van der Waals surface area contributed by atoms with E-state index < -0.39 is 10.8 Å². The number of nitro groups is 1. The number of amides is 1. The third kappa shape index (κ3) is 4.57. The van der Waals surface area contributed by atoms with Crippen LogP contribution < -0.4 is 10.1 Å². The maximum atomic E-state index is 12.0. The highest BCUT2D eigenvalue weighted by molar-refractivity contribution is 6.32. The Hall–Kier alpha value is -2.86. The number of nitrogens with zero attached hydrogens (tertiary/aromatic N) is 1. The number of nitro benzene ring substituents is 1. The van der Waals surface area contributed by atoms with E-state index in [1.165, 1.54) is 24.3 Å². The zero-order chi connectivity index (χ0) is 17.5. The number of hydrogen-bond donors (Lipinski definition) is 1. The van der Waals surface area contributed by atoms with Crippen molar-refractivity contribution in [3.63, 3.8) is 0 Å². The van der Waals surface area contributed by atoms with Crippen molar-refractivity contribution in [3.05, 3.63) is 69.2 Å². The van der Waals surface area contributed by atoms with E-state index in [1.54, 1.807) is 37.3 Å². The molecular weight excluding hydrogens is 332 g/mol. The number of rotatable bonds is 6. The summed E-state index contributed by atoms with van der Waals surface area (Å²) in [5, 5.41) is 14.1. The first-order valence-corrected chi connectivity index (χ1v) is 7.54. The summed E-state index contributed by atoms with van der Waals surface area (Å²) >= 11 is 6.00. The molecule has 2 aromatic rings. The highest BCUT2D eigenvalue weighted by Gasteiger charge is 2.16. The van der Waals surface area contributed by atoms with E-state index >= 15 is 0 Å². The van der Waals surface area contributed by atoms with E-state index in [2.05, 4.69) is 5.32 Å². The summed E-state index contributed by atoms with van der Waals surface area (Å²) in [4.78, 5) is 22.6. The molecule has 0 unspecified atom stereocenters. The molecule has 0 aliphatic rings. The zero-order valence-corrected chi connectivity index (χ0v) is 13.6. The largest absolute Gasteiger partial charge is 0.494 e. The van der Waals surface area contributed by atoms with Crippen LogP contribution in [0.15, 0.2) is 48.5 Å². The van der Waals surface area contributed by atoms with Crippen molar-refractivity contribution < 1.29 is 14.5 Å². The summed E-state index contributed by atoms with van der Waals surface area (Å²) in [5.74, 6) is -0.129. The second kappa shape index (κ2) is 8.12. The Morgan fingerprint density at radius 3 is 2.75 bits per heavy atom. The second-order valence-corrected chi connectivity index (χ2v) is 5.12. The summed E-state index contributed by atoms with van der Waals surface area (Å²) in [6.45, 7) is 2.17. The first-order chi connectivity index (χ1) is 11.5. The van der Waals surface area contributed by atoms with E-state index in [-0.39, 0.29) is 11.4 Å². The van der Waals surface area contributed by atoms with E-state index in [9.17, 15) is 14.9 Å². The average Bonchev–Trinajstić information content (AvgIpc) is 2.55. The van der Waals surface area contributed by atoms with Crippen LogP contribution >= 0.6 is 11.6 Å². The number of carbonyl (C=O) groups excluding carboxylic acids is 1. The number of hydrogen-bond acceptors (Lipinski definition) is 4. The van der Waals surface area contributed by atoms with Gasteiger partial charge in [0.15, 0.2) is 0 Å². The molecule has 0 fully saturated rings. The van der Waals surface area contributed by atoms with Crippen molar-refractivity contribution >= 4 is 35.0 Å². The van der Waals surface area contributed by atoms with Crippen LogP contribution in [0.2, 0.25) is 5.02 Å². The minimum Gasteiger partial charge on any atom is -0.494 e. The van der Waals surface area contributed by atoms with Crippen LogP contribution in [-0.4, -0.2) is 17.4 Å². The lowest BCUT2D eigenvalue weighted by Gasteiger charge is -2.07. The lowest BCUT2D eigenvalue weighted by Crippen LogP contribution is -2.09. The molecule has 7 heteroatoms. The number of halogens is 1. The van der Waals surface area contributed by atoms with Gasteiger partial charge >= 0.3 is 0 Å². The molecule has 2 aromatic carbocycles. The normalized spacial score (nSPS) is 10.6. The van der Waals surface area contributed by atoms with Crippen molar-refractivity contribution in [2.24, 2.45) is 0 Å². The monoisotopic (exact) mass is 346 g/mol. The van der Waals surface area contributed by atoms with Crippen LogP contribution in [0.25, 0.3) is 6.08 Å².